The number of rotatable bonds is 6. The number of thiophene rings is 1. The molecule has 0 saturated heterocycles. The Bertz CT molecular complexity index is 1310. The number of hydrogen-bond acceptors (Lipinski definition) is 5. The van der Waals surface area contributed by atoms with E-state index in [9.17, 15) is 9.59 Å². The molecule has 0 saturated carbocycles. The number of thioether (sulfide) groups is 1. The Kier molecular flexibility index (Phi) is 6.25. The largest absolute Gasteiger partial charge is 0.325 e. The Morgan fingerprint density at radius 2 is 1.90 bits per heavy atom. The number of anilines is 1. The highest BCUT2D eigenvalue weighted by molar-refractivity contribution is 7.99. The van der Waals surface area contributed by atoms with Crippen LogP contribution in [0.25, 0.3) is 15.9 Å². The zero-order valence-corrected chi connectivity index (χ0v) is 19.3. The van der Waals surface area contributed by atoms with Crippen LogP contribution in [0.2, 0.25) is 0 Å². The molecule has 0 aliphatic heterocycles. The number of amides is 1. The highest BCUT2D eigenvalue weighted by Gasteiger charge is 2.17. The van der Waals surface area contributed by atoms with Gasteiger partial charge < -0.3 is 5.32 Å². The lowest BCUT2D eigenvalue weighted by molar-refractivity contribution is -0.113. The van der Waals surface area contributed by atoms with E-state index in [-0.39, 0.29) is 17.2 Å². The van der Waals surface area contributed by atoms with Crippen LogP contribution in [0, 0.1) is 13.8 Å². The molecule has 0 bridgehead atoms. The monoisotopic (exact) mass is 449 g/mol. The van der Waals surface area contributed by atoms with Gasteiger partial charge in [-0.05, 0) is 61.0 Å². The van der Waals surface area contributed by atoms with Gasteiger partial charge in [-0.1, -0.05) is 48.5 Å². The molecule has 0 aliphatic rings. The number of aromatic nitrogens is 2. The van der Waals surface area contributed by atoms with Crippen LogP contribution in [-0.4, -0.2) is 21.2 Å². The SMILES string of the molecule is CCc1ccc(NC(=O)CSc2nc3ccsc3c(=O)n2-c2ccc(C)cc2C)cc1. The zero-order chi connectivity index (χ0) is 22.0. The summed E-state index contributed by atoms with van der Waals surface area (Å²) in [6.45, 7) is 6.10. The summed E-state index contributed by atoms with van der Waals surface area (Å²) in [5.41, 5.74) is 5.44. The van der Waals surface area contributed by atoms with Crippen LogP contribution in [0.1, 0.15) is 23.6 Å². The lowest BCUT2D eigenvalue weighted by Crippen LogP contribution is -2.23. The predicted octanol–water partition coefficient (Wildman–Crippen LogP) is 5.36. The maximum absolute atomic E-state index is 13.3. The summed E-state index contributed by atoms with van der Waals surface area (Å²) in [4.78, 5) is 30.5. The standard InChI is InChI=1S/C24H23N3O2S2/c1-4-17-6-8-18(9-7-17)25-21(28)14-31-24-26-19-11-12-30-22(19)23(29)27(24)20-10-5-15(2)13-16(20)3/h5-13H,4,14H2,1-3H3,(H,25,28). The van der Waals surface area contributed by atoms with Crippen molar-refractivity contribution in [3.05, 3.63) is 81.0 Å². The quantitative estimate of drug-likeness (QED) is 0.318. The molecular weight excluding hydrogens is 426 g/mol. The van der Waals surface area contributed by atoms with Gasteiger partial charge in [0.05, 0.1) is 17.0 Å². The number of carbonyl (C=O) groups is 1. The topological polar surface area (TPSA) is 64.0 Å². The first kappa shape index (κ1) is 21.3. The minimum absolute atomic E-state index is 0.106. The number of aryl methyl sites for hydroxylation is 3. The van der Waals surface area contributed by atoms with Crippen LogP contribution in [0.15, 0.2) is 63.9 Å². The number of nitrogens with one attached hydrogen (secondary N) is 1. The molecule has 2 aromatic carbocycles. The van der Waals surface area contributed by atoms with E-state index in [0.717, 1.165) is 28.9 Å². The summed E-state index contributed by atoms with van der Waals surface area (Å²) < 4.78 is 2.24. The normalized spacial score (nSPS) is 11.1. The van der Waals surface area contributed by atoms with Gasteiger partial charge in [-0.25, -0.2) is 4.98 Å². The summed E-state index contributed by atoms with van der Waals surface area (Å²) in [5, 5.41) is 5.30. The smallest absolute Gasteiger partial charge is 0.276 e. The Morgan fingerprint density at radius 1 is 1.13 bits per heavy atom. The van der Waals surface area contributed by atoms with Crippen molar-refractivity contribution in [3.63, 3.8) is 0 Å². The number of carbonyl (C=O) groups excluding carboxylic acids is 1. The van der Waals surface area contributed by atoms with E-state index in [1.807, 2.05) is 67.8 Å². The maximum Gasteiger partial charge on any atom is 0.276 e. The van der Waals surface area contributed by atoms with Gasteiger partial charge in [-0.15, -0.1) is 11.3 Å². The third kappa shape index (κ3) is 4.57. The molecule has 0 fully saturated rings. The Labute approximate surface area is 189 Å². The molecule has 5 nitrogen and oxygen atoms in total. The number of hydrogen-bond donors (Lipinski definition) is 1. The zero-order valence-electron chi connectivity index (χ0n) is 17.6. The molecule has 31 heavy (non-hydrogen) atoms. The summed E-state index contributed by atoms with van der Waals surface area (Å²) in [7, 11) is 0. The van der Waals surface area contributed by atoms with Crippen molar-refractivity contribution in [3.8, 4) is 5.69 Å². The summed E-state index contributed by atoms with van der Waals surface area (Å²) in [6, 6.07) is 15.6. The van der Waals surface area contributed by atoms with Crippen molar-refractivity contribution in [2.45, 2.75) is 32.3 Å². The van der Waals surface area contributed by atoms with E-state index < -0.39 is 0 Å². The second kappa shape index (κ2) is 9.08. The van der Waals surface area contributed by atoms with E-state index in [4.69, 9.17) is 4.98 Å². The van der Waals surface area contributed by atoms with Crippen molar-refractivity contribution in [2.75, 3.05) is 11.1 Å². The van der Waals surface area contributed by atoms with Crippen LogP contribution in [0.5, 0.6) is 0 Å². The molecule has 0 atom stereocenters. The van der Waals surface area contributed by atoms with E-state index in [0.29, 0.717) is 15.4 Å². The minimum Gasteiger partial charge on any atom is -0.325 e. The number of nitrogens with zero attached hydrogens (tertiary/aromatic N) is 2. The van der Waals surface area contributed by atoms with Gasteiger partial charge in [-0.2, -0.15) is 0 Å². The van der Waals surface area contributed by atoms with E-state index in [2.05, 4.69) is 12.2 Å². The number of fused-ring (bicyclic) bond motifs is 1. The van der Waals surface area contributed by atoms with Crippen molar-refractivity contribution < 1.29 is 4.79 Å². The molecule has 0 unspecified atom stereocenters. The molecule has 2 aromatic heterocycles. The minimum atomic E-state index is -0.138. The van der Waals surface area contributed by atoms with Gasteiger partial charge in [0.1, 0.15) is 4.70 Å². The molecule has 7 heteroatoms. The lowest BCUT2D eigenvalue weighted by atomic mass is 10.1. The van der Waals surface area contributed by atoms with E-state index in [1.165, 1.54) is 28.7 Å². The van der Waals surface area contributed by atoms with E-state index >= 15 is 0 Å². The average molecular weight is 450 g/mol. The maximum atomic E-state index is 13.3. The lowest BCUT2D eigenvalue weighted by Gasteiger charge is -2.14. The molecule has 0 aliphatic carbocycles. The summed E-state index contributed by atoms with van der Waals surface area (Å²) in [6.07, 6.45) is 0.955. The van der Waals surface area contributed by atoms with Crippen LogP contribution >= 0.6 is 23.1 Å². The second-order valence-electron chi connectivity index (χ2n) is 7.35. The average Bonchev–Trinajstić information content (AvgIpc) is 3.23. The third-order valence-electron chi connectivity index (χ3n) is 5.02. The molecule has 0 spiro atoms. The van der Waals surface area contributed by atoms with Gasteiger partial charge in [0, 0.05) is 5.69 Å². The molecule has 1 N–H and O–H groups in total. The van der Waals surface area contributed by atoms with Crippen molar-refractivity contribution in [2.24, 2.45) is 0 Å². The third-order valence-corrected chi connectivity index (χ3v) is 6.85. The van der Waals surface area contributed by atoms with Crippen molar-refractivity contribution in [1.82, 2.24) is 9.55 Å². The molecule has 1 amide bonds. The first-order valence-corrected chi connectivity index (χ1v) is 11.9. The fraction of sp³-hybridized carbons (Fsp3) is 0.208. The van der Waals surface area contributed by atoms with Gasteiger partial charge in [-0.3, -0.25) is 14.2 Å². The highest BCUT2D eigenvalue weighted by Crippen LogP contribution is 2.25. The Balaban J connectivity index is 1.63. The van der Waals surface area contributed by atoms with E-state index in [1.54, 1.807) is 4.57 Å². The Hall–Kier alpha value is -2.90. The molecule has 4 aromatic rings. The molecule has 0 radical (unpaired) electrons. The van der Waals surface area contributed by atoms with Gasteiger partial charge >= 0.3 is 0 Å². The fourth-order valence-corrected chi connectivity index (χ4v) is 4.97. The van der Waals surface area contributed by atoms with Crippen molar-refractivity contribution in [1.29, 1.82) is 0 Å². The van der Waals surface area contributed by atoms with Crippen LogP contribution in [0.4, 0.5) is 5.69 Å². The fourth-order valence-electron chi connectivity index (χ4n) is 3.41. The van der Waals surface area contributed by atoms with Crippen LogP contribution in [-0.2, 0) is 11.2 Å². The highest BCUT2D eigenvalue weighted by atomic mass is 32.2. The molecular formula is C24H23N3O2S2. The van der Waals surface area contributed by atoms with Crippen LogP contribution < -0.4 is 10.9 Å². The first-order chi connectivity index (χ1) is 15.0. The second-order valence-corrected chi connectivity index (χ2v) is 9.21. The Morgan fingerprint density at radius 3 is 2.61 bits per heavy atom. The van der Waals surface area contributed by atoms with Crippen LogP contribution in [0.3, 0.4) is 0 Å². The number of benzene rings is 2. The van der Waals surface area contributed by atoms with Crippen molar-refractivity contribution >= 4 is 44.9 Å². The van der Waals surface area contributed by atoms with Gasteiger partial charge in [0.2, 0.25) is 5.91 Å². The first-order valence-electron chi connectivity index (χ1n) is 10.1. The summed E-state index contributed by atoms with van der Waals surface area (Å²) >= 11 is 2.65. The predicted molar refractivity (Wildman–Crippen MR) is 130 cm³/mol. The summed E-state index contributed by atoms with van der Waals surface area (Å²) in [5.74, 6) is 0.0174. The molecule has 2 heterocycles. The molecule has 158 valence electrons. The van der Waals surface area contributed by atoms with Gasteiger partial charge in [0.15, 0.2) is 5.16 Å². The van der Waals surface area contributed by atoms with Gasteiger partial charge in [0.25, 0.3) is 5.56 Å². The molecule has 4 rings (SSSR count).